The Morgan fingerprint density at radius 2 is 2.13 bits per heavy atom. The molecule has 0 unspecified atom stereocenters. The van der Waals surface area contributed by atoms with E-state index in [1.165, 1.54) is 11.0 Å². The summed E-state index contributed by atoms with van der Waals surface area (Å²) in [5.74, 6) is -2.09. The normalized spacial score (nSPS) is 27.4. The highest BCUT2D eigenvalue weighted by atomic mass is 32.2. The minimum atomic E-state index is -3.22. The van der Waals surface area contributed by atoms with Crippen LogP contribution in [0, 0.1) is 11.6 Å². The van der Waals surface area contributed by atoms with Gasteiger partial charge in [-0.05, 0) is 12.1 Å². The lowest BCUT2D eigenvalue weighted by molar-refractivity contribution is -0.117. The van der Waals surface area contributed by atoms with E-state index in [4.69, 9.17) is 0 Å². The minimum Gasteiger partial charge on any atom is -0.313 e. The lowest BCUT2D eigenvalue weighted by Crippen LogP contribution is -2.38. The second-order valence-corrected chi connectivity index (χ2v) is 8.77. The van der Waals surface area contributed by atoms with Crippen molar-refractivity contribution in [2.75, 3.05) is 16.4 Å². The molecule has 0 N–H and O–H groups in total. The topological polar surface area (TPSA) is 66.8 Å². The van der Waals surface area contributed by atoms with Crippen molar-refractivity contribution in [1.82, 2.24) is 0 Å². The summed E-state index contributed by atoms with van der Waals surface area (Å²) in [5.41, 5.74) is 0.0335. The van der Waals surface area contributed by atoms with Gasteiger partial charge in [0.25, 0.3) is 0 Å². The molecule has 1 amide bonds. The number of fused-ring (bicyclic) bond motifs is 1. The molecule has 3 rings (SSSR count). The summed E-state index contributed by atoms with van der Waals surface area (Å²) in [4.78, 5) is 17.0. The van der Waals surface area contributed by atoms with E-state index >= 15 is 0 Å². The van der Waals surface area contributed by atoms with Crippen LogP contribution in [-0.4, -0.2) is 42.3 Å². The predicted molar refractivity (Wildman–Crippen MR) is 85.4 cm³/mol. The van der Waals surface area contributed by atoms with Crippen molar-refractivity contribution in [3.63, 3.8) is 0 Å². The van der Waals surface area contributed by atoms with Crippen LogP contribution in [0.15, 0.2) is 23.2 Å². The fraction of sp³-hybridized carbons (Fsp3) is 0.429. The second-order valence-electron chi connectivity index (χ2n) is 5.41. The van der Waals surface area contributed by atoms with E-state index in [-0.39, 0.29) is 39.9 Å². The maximum absolute atomic E-state index is 14.2. The Bertz CT molecular complexity index is 795. The van der Waals surface area contributed by atoms with Crippen molar-refractivity contribution in [3.8, 4) is 0 Å². The quantitative estimate of drug-likeness (QED) is 0.807. The number of thioether (sulfide) groups is 1. The summed E-state index contributed by atoms with van der Waals surface area (Å²) in [6.07, 6.45) is 0.192. The van der Waals surface area contributed by atoms with Gasteiger partial charge in [-0.15, -0.1) is 0 Å². The number of amidine groups is 1. The van der Waals surface area contributed by atoms with Gasteiger partial charge in [0.1, 0.15) is 11.6 Å². The van der Waals surface area contributed by atoms with Crippen LogP contribution in [0.5, 0.6) is 0 Å². The number of hydrogen-bond donors (Lipinski definition) is 0. The number of benzene rings is 1. The molecule has 0 spiro atoms. The Morgan fingerprint density at radius 1 is 1.39 bits per heavy atom. The van der Waals surface area contributed by atoms with E-state index in [1.54, 1.807) is 6.92 Å². The Labute approximate surface area is 136 Å². The van der Waals surface area contributed by atoms with Crippen LogP contribution in [0.1, 0.15) is 13.3 Å². The molecular weight excluding hydrogens is 346 g/mol. The summed E-state index contributed by atoms with van der Waals surface area (Å²) in [6.45, 7) is 1.65. The van der Waals surface area contributed by atoms with Gasteiger partial charge >= 0.3 is 0 Å². The number of amides is 1. The maximum Gasteiger partial charge on any atom is 0.247 e. The van der Waals surface area contributed by atoms with Gasteiger partial charge in [-0.2, -0.15) is 4.99 Å². The average Bonchev–Trinajstić information content (AvgIpc) is 2.91. The number of aliphatic imine (C=N–C) groups is 1. The number of anilines is 1. The fourth-order valence-electron chi connectivity index (χ4n) is 2.71. The molecule has 2 saturated heterocycles. The molecule has 0 saturated carbocycles. The summed E-state index contributed by atoms with van der Waals surface area (Å²) in [5, 5.41) is -0.0416. The highest BCUT2D eigenvalue weighted by Gasteiger charge is 2.49. The van der Waals surface area contributed by atoms with Gasteiger partial charge in [-0.3, -0.25) is 4.79 Å². The third-order valence-corrected chi connectivity index (χ3v) is 6.97. The molecule has 2 heterocycles. The SMILES string of the molecule is CCC(=O)N=C1S[C@@H]2CS(=O)(=O)C[C@H]2N1c1ccc(F)cc1F. The van der Waals surface area contributed by atoms with Crippen LogP contribution < -0.4 is 4.90 Å². The standard InChI is InChI=1S/C14H14F2N2O3S2/c1-2-13(19)17-14-18(10-4-3-8(15)5-9(10)16)11-6-23(20,21)7-12(11)22-14/h3-5,11-12H,2,6-7H2,1H3/t11-,12-/m1/s1. The van der Waals surface area contributed by atoms with E-state index < -0.39 is 27.5 Å². The first-order valence-corrected chi connectivity index (χ1v) is 9.73. The number of rotatable bonds is 2. The van der Waals surface area contributed by atoms with Gasteiger partial charge in [0.05, 0.1) is 23.2 Å². The summed E-state index contributed by atoms with van der Waals surface area (Å²) < 4.78 is 51.0. The van der Waals surface area contributed by atoms with Crippen molar-refractivity contribution in [2.24, 2.45) is 4.99 Å². The first kappa shape index (κ1) is 16.4. The third kappa shape index (κ3) is 3.12. The van der Waals surface area contributed by atoms with E-state index in [9.17, 15) is 22.0 Å². The molecule has 23 heavy (non-hydrogen) atoms. The summed E-state index contributed by atoms with van der Waals surface area (Å²) in [7, 11) is -3.22. The lowest BCUT2D eigenvalue weighted by Gasteiger charge is -2.24. The molecule has 9 heteroatoms. The maximum atomic E-state index is 14.2. The minimum absolute atomic E-state index is 0.0335. The number of sulfone groups is 1. The van der Waals surface area contributed by atoms with Crippen LogP contribution in [0.4, 0.5) is 14.5 Å². The highest BCUT2D eigenvalue weighted by molar-refractivity contribution is 8.16. The van der Waals surface area contributed by atoms with E-state index in [0.717, 1.165) is 23.9 Å². The molecule has 0 radical (unpaired) electrons. The van der Waals surface area contributed by atoms with Crippen molar-refractivity contribution in [2.45, 2.75) is 24.6 Å². The zero-order valence-electron chi connectivity index (χ0n) is 12.2. The molecular formula is C14H14F2N2O3S2. The molecule has 0 aliphatic carbocycles. The first-order valence-electron chi connectivity index (χ1n) is 7.03. The molecule has 2 fully saturated rings. The van der Waals surface area contributed by atoms with Crippen LogP contribution in [0.3, 0.4) is 0 Å². The highest BCUT2D eigenvalue weighted by Crippen LogP contribution is 2.41. The Hall–Kier alpha value is -1.48. The number of nitrogens with zero attached hydrogens (tertiary/aromatic N) is 2. The second kappa shape index (κ2) is 5.86. The van der Waals surface area contributed by atoms with Gasteiger partial charge in [0.15, 0.2) is 15.0 Å². The first-order chi connectivity index (χ1) is 10.8. The van der Waals surface area contributed by atoms with Crippen molar-refractivity contribution < 1.29 is 22.0 Å². The number of carbonyl (C=O) groups is 1. The van der Waals surface area contributed by atoms with Crippen LogP contribution in [0.2, 0.25) is 0 Å². The Kier molecular flexibility index (Phi) is 4.18. The molecule has 2 aliphatic rings. The van der Waals surface area contributed by atoms with Crippen LogP contribution in [0.25, 0.3) is 0 Å². The van der Waals surface area contributed by atoms with Crippen molar-refractivity contribution in [3.05, 3.63) is 29.8 Å². The summed E-state index contributed by atoms with van der Waals surface area (Å²) in [6, 6.07) is 2.56. The van der Waals surface area contributed by atoms with Crippen molar-refractivity contribution in [1.29, 1.82) is 0 Å². The lowest BCUT2D eigenvalue weighted by atomic mass is 10.2. The smallest absolute Gasteiger partial charge is 0.247 e. The predicted octanol–water partition coefficient (Wildman–Crippen LogP) is 1.98. The molecule has 0 aromatic heterocycles. The molecule has 5 nitrogen and oxygen atoms in total. The molecule has 124 valence electrons. The van der Waals surface area contributed by atoms with Gasteiger partial charge in [0, 0.05) is 17.7 Å². The van der Waals surface area contributed by atoms with Crippen LogP contribution in [-0.2, 0) is 14.6 Å². The van der Waals surface area contributed by atoms with Gasteiger partial charge in [0.2, 0.25) is 5.91 Å². The van der Waals surface area contributed by atoms with Gasteiger partial charge in [-0.1, -0.05) is 18.7 Å². The molecule has 2 aliphatic heterocycles. The fourth-order valence-corrected chi connectivity index (χ4v) is 6.63. The third-order valence-electron chi connectivity index (χ3n) is 3.76. The molecule has 0 bridgehead atoms. The zero-order valence-corrected chi connectivity index (χ0v) is 13.8. The van der Waals surface area contributed by atoms with E-state index in [1.807, 2.05) is 0 Å². The number of carbonyl (C=O) groups excluding carboxylic acids is 1. The van der Waals surface area contributed by atoms with Crippen molar-refractivity contribution >= 4 is 38.4 Å². The van der Waals surface area contributed by atoms with E-state index in [2.05, 4.69) is 4.99 Å². The monoisotopic (exact) mass is 360 g/mol. The Morgan fingerprint density at radius 3 is 2.78 bits per heavy atom. The Balaban J connectivity index is 2.06. The number of halogens is 2. The molecule has 2 atom stereocenters. The summed E-state index contributed by atoms with van der Waals surface area (Å²) >= 11 is 1.16. The van der Waals surface area contributed by atoms with E-state index in [0.29, 0.717) is 0 Å². The van der Waals surface area contributed by atoms with Crippen LogP contribution >= 0.6 is 11.8 Å². The van der Waals surface area contributed by atoms with Gasteiger partial charge in [-0.25, -0.2) is 17.2 Å². The van der Waals surface area contributed by atoms with Gasteiger partial charge < -0.3 is 4.90 Å². The molecule has 1 aromatic rings. The zero-order chi connectivity index (χ0) is 16.8. The largest absolute Gasteiger partial charge is 0.313 e. The average molecular weight is 360 g/mol. The number of hydrogen-bond acceptors (Lipinski definition) is 4. The molecule has 1 aromatic carbocycles.